The Morgan fingerprint density at radius 1 is 1.27 bits per heavy atom. The van der Waals surface area contributed by atoms with Crippen LogP contribution in [-0.4, -0.2) is 49.8 Å². The molecular weight excluding hydrogens is 200 g/mol. The maximum absolute atomic E-state index is 11.0. The Labute approximate surface area is 89.0 Å². The smallest absolute Gasteiger partial charge is 0.329 e. The minimum atomic E-state index is -1.07. The van der Waals surface area contributed by atoms with E-state index in [0.29, 0.717) is 6.54 Å². The van der Waals surface area contributed by atoms with Crippen LogP contribution in [0.4, 0.5) is 0 Å². The predicted molar refractivity (Wildman–Crippen MR) is 54.6 cm³/mol. The van der Waals surface area contributed by atoms with Gasteiger partial charge in [0.2, 0.25) is 5.91 Å². The summed E-state index contributed by atoms with van der Waals surface area (Å²) in [5.41, 5.74) is 0. The third-order valence-corrected chi connectivity index (χ3v) is 1.56. The van der Waals surface area contributed by atoms with Gasteiger partial charge in [-0.2, -0.15) is 0 Å². The Morgan fingerprint density at radius 2 is 2.00 bits per heavy atom. The zero-order chi connectivity index (χ0) is 11.5. The maximum atomic E-state index is 11.0. The van der Waals surface area contributed by atoms with Gasteiger partial charge in [0.15, 0.2) is 0 Å². The highest BCUT2D eigenvalue weighted by atomic mass is 16.5. The average molecular weight is 218 g/mol. The van der Waals surface area contributed by atoms with E-state index in [2.05, 4.69) is 15.4 Å². The topological polar surface area (TPSA) is 87.7 Å². The van der Waals surface area contributed by atoms with Gasteiger partial charge in [-0.05, 0) is 19.5 Å². The number of carboxylic acid groups (broad SMARTS) is 1. The van der Waals surface area contributed by atoms with Gasteiger partial charge in [0.1, 0.15) is 13.2 Å². The number of carboxylic acids is 1. The van der Waals surface area contributed by atoms with Crippen molar-refractivity contribution in [1.29, 1.82) is 0 Å². The summed E-state index contributed by atoms with van der Waals surface area (Å²) in [6.45, 7) is 3.71. The molecule has 0 saturated heterocycles. The molecule has 6 heteroatoms. The number of hydrogen-bond donors (Lipinski definition) is 3. The van der Waals surface area contributed by atoms with Gasteiger partial charge in [0, 0.05) is 6.54 Å². The first-order valence-corrected chi connectivity index (χ1v) is 4.93. The molecule has 0 aliphatic heterocycles. The lowest BCUT2D eigenvalue weighted by molar-refractivity contribution is -0.143. The zero-order valence-electron chi connectivity index (χ0n) is 8.91. The van der Waals surface area contributed by atoms with Gasteiger partial charge >= 0.3 is 5.97 Å². The summed E-state index contributed by atoms with van der Waals surface area (Å²) in [7, 11) is 0. The van der Waals surface area contributed by atoms with Crippen LogP contribution < -0.4 is 10.6 Å². The molecule has 0 heterocycles. The minimum Gasteiger partial charge on any atom is -0.480 e. The molecular formula is C9H18N2O4. The number of carbonyl (C=O) groups excluding carboxylic acids is 1. The molecule has 0 radical (unpaired) electrons. The molecule has 88 valence electrons. The van der Waals surface area contributed by atoms with Crippen LogP contribution >= 0.6 is 0 Å². The van der Waals surface area contributed by atoms with Crippen LogP contribution in [0.25, 0.3) is 0 Å². The highest BCUT2D eigenvalue weighted by Gasteiger charge is 2.02. The van der Waals surface area contributed by atoms with Crippen molar-refractivity contribution >= 4 is 11.9 Å². The first kappa shape index (κ1) is 13.9. The van der Waals surface area contributed by atoms with E-state index in [1.807, 2.05) is 6.92 Å². The molecule has 0 rings (SSSR count). The fraction of sp³-hybridized carbons (Fsp3) is 0.778. The van der Waals surface area contributed by atoms with E-state index in [-0.39, 0.29) is 12.5 Å². The number of rotatable bonds is 9. The third kappa shape index (κ3) is 10.8. The summed E-state index contributed by atoms with van der Waals surface area (Å²) in [5, 5.41) is 14.0. The normalized spacial score (nSPS) is 9.93. The first-order chi connectivity index (χ1) is 7.16. The fourth-order valence-electron chi connectivity index (χ4n) is 0.900. The van der Waals surface area contributed by atoms with Gasteiger partial charge in [-0.25, -0.2) is 4.79 Å². The van der Waals surface area contributed by atoms with Crippen molar-refractivity contribution in [3.05, 3.63) is 0 Å². The summed E-state index contributed by atoms with van der Waals surface area (Å²) in [4.78, 5) is 21.1. The highest BCUT2D eigenvalue weighted by Crippen LogP contribution is 1.78. The van der Waals surface area contributed by atoms with Gasteiger partial charge in [-0.1, -0.05) is 6.92 Å². The maximum Gasteiger partial charge on any atom is 0.329 e. The SMILES string of the molecule is CCNCCCNC(=O)COCC(=O)O. The molecule has 0 spiro atoms. The number of aliphatic carboxylic acids is 1. The largest absolute Gasteiger partial charge is 0.480 e. The van der Waals surface area contributed by atoms with Crippen LogP contribution in [0.15, 0.2) is 0 Å². The third-order valence-electron chi connectivity index (χ3n) is 1.56. The quantitative estimate of drug-likeness (QED) is 0.441. The van der Waals surface area contributed by atoms with Crippen molar-refractivity contribution in [3.63, 3.8) is 0 Å². The van der Waals surface area contributed by atoms with Crippen LogP contribution in [-0.2, 0) is 14.3 Å². The van der Waals surface area contributed by atoms with E-state index in [1.54, 1.807) is 0 Å². The first-order valence-electron chi connectivity index (χ1n) is 4.93. The number of carbonyl (C=O) groups is 2. The summed E-state index contributed by atoms with van der Waals surface area (Å²) in [5.74, 6) is -1.36. The molecule has 0 atom stereocenters. The lowest BCUT2D eigenvalue weighted by Crippen LogP contribution is -2.31. The minimum absolute atomic E-state index is 0.201. The Balaban J connectivity index is 3.22. The van der Waals surface area contributed by atoms with Crippen molar-refractivity contribution in [1.82, 2.24) is 10.6 Å². The summed E-state index contributed by atoms with van der Waals surface area (Å²) >= 11 is 0. The molecule has 0 unspecified atom stereocenters. The number of ether oxygens (including phenoxy) is 1. The lowest BCUT2D eigenvalue weighted by Gasteiger charge is -2.05. The van der Waals surface area contributed by atoms with E-state index in [1.165, 1.54) is 0 Å². The van der Waals surface area contributed by atoms with Gasteiger partial charge in [0.25, 0.3) is 0 Å². The van der Waals surface area contributed by atoms with E-state index in [4.69, 9.17) is 5.11 Å². The van der Waals surface area contributed by atoms with Crippen LogP contribution in [0.5, 0.6) is 0 Å². The molecule has 0 aliphatic rings. The average Bonchev–Trinajstić information content (AvgIpc) is 2.17. The van der Waals surface area contributed by atoms with E-state index in [9.17, 15) is 9.59 Å². The molecule has 0 aromatic rings. The van der Waals surface area contributed by atoms with Gasteiger partial charge < -0.3 is 20.5 Å². The van der Waals surface area contributed by atoms with Gasteiger partial charge in [-0.3, -0.25) is 4.79 Å². The van der Waals surface area contributed by atoms with Gasteiger partial charge in [-0.15, -0.1) is 0 Å². The molecule has 0 bridgehead atoms. The lowest BCUT2D eigenvalue weighted by atomic mass is 10.4. The predicted octanol–water partition coefficient (Wildman–Crippen LogP) is -0.797. The molecule has 3 N–H and O–H groups in total. The molecule has 0 aliphatic carbocycles. The van der Waals surface area contributed by atoms with E-state index >= 15 is 0 Å². The standard InChI is InChI=1S/C9H18N2O4/c1-2-10-4-3-5-11-8(12)6-15-7-9(13)14/h10H,2-7H2,1H3,(H,11,12)(H,13,14). The molecule has 6 nitrogen and oxygen atoms in total. The second-order valence-corrected chi connectivity index (χ2v) is 2.94. The highest BCUT2D eigenvalue weighted by molar-refractivity contribution is 5.77. The summed E-state index contributed by atoms with van der Waals surface area (Å²) < 4.78 is 4.61. The fourth-order valence-corrected chi connectivity index (χ4v) is 0.900. The Bertz CT molecular complexity index is 197. The van der Waals surface area contributed by atoms with Crippen LogP contribution in [0.3, 0.4) is 0 Å². The van der Waals surface area contributed by atoms with Crippen LogP contribution in [0.2, 0.25) is 0 Å². The van der Waals surface area contributed by atoms with Crippen molar-refractivity contribution in [2.75, 3.05) is 32.8 Å². The number of nitrogens with one attached hydrogen (secondary N) is 2. The Kier molecular flexibility index (Phi) is 8.70. The van der Waals surface area contributed by atoms with Crippen molar-refractivity contribution < 1.29 is 19.4 Å². The van der Waals surface area contributed by atoms with E-state index < -0.39 is 12.6 Å². The monoisotopic (exact) mass is 218 g/mol. The summed E-state index contributed by atoms with van der Waals surface area (Å²) in [6, 6.07) is 0. The molecule has 15 heavy (non-hydrogen) atoms. The molecule has 1 amide bonds. The van der Waals surface area contributed by atoms with Gasteiger partial charge in [0.05, 0.1) is 0 Å². The summed E-state index contributed by atoms with van der Waals surface area (Å²) in [6.07, 6.45) is 0.846. The van der Waals surface area contributed by atoms with Crippen molar-refractivity contribution in [2.24, 2.45) is 0 Å². The van der Waals surface area contributed by atoms with Crippen LogP contribution in [0.1, 0.15) is 13.3 Å². The van der Waals surface area contributed by atoms with Crippen LogP contribution in [0, 0.1) is 0 Å². The molecule has 0 fully saturated rings. The molecule has 0 saturated carbocycles. The van der Waals surface area contributed by atoms with E-state index in [0.717, 1.165) is 19.5 Å². The second kappa shape index (κ2) is 9.42. The zero-order valence-corrected chi connectivity index (χ0v) is 8.91. The Hall–Kier alpha value is -1.14. The Morgan fingerprint density at radius 3 is 2.60 bits per heavy atom. The number of hydrogen-bond acceptors (Lipinski definition) is 4. The number of amides is 1. The molecule has 0 aromatic heterocycles. The second-order valence-electron chi connectivity index (χ2n) is 2.94. The van der Waals surface area contributed by atoms with Crippen molar-refractivity contribution in [2.45, 2.75) is 13.3 Å². The molecule has 0 aromatic carbocycles. The van der Waals surface area contributed by atoms with Crippen molar-refractivity contribution in [3.8, 4) is 0 Å².